The Kier molecular flexibility index (Phi) is 10.9. The van der Waals surface area contributed by atoms with Gasteiger partial charge >= 0.3 is 0 Å². The number of guanidine groups is 1. The molecule has 0 radical (unpaired) electrons. The third-order valence-corrected chi connectivity index (χ3v) is 4.66. The van der Waals surface area contributed by atoms with Crippen LogP contribution >= 0.6 is 24.0 Å². The molecule has 0 unspecified atom stereocenters. The summed E-state index contributed by atoms with van der Waals surface area (Å²) in [5, 5.41) is 13.5. The first-order chi connectivity index (χ1) is 15.2. The van der Waals surface area contributed by atoms with Crippen molar-refractivity contribution in [1.82, 2.24) is 25.8 Å². The number of halogens is 1. The Morgan fingerprint density at radius 3 is 2.69 bits per heavy atom. The fourth-order valence-electron chi connectivity index (χ4n) is 3.06. The maximum Gasteiger partial charge on any atom is 0.191 e. The highest BCUT2D eigenvalue weighted by Crippen LogP contribution is 2.20. The Morgan fingerprint density at radius 2 is 1.94 bits per heavy atom. The van der Waals surface area contributed by atoms with Crippen LogP contribution in [0.5, 0.6) is 5.75 Å². The van der Waals surface area contributed by atoms with Gasteiger partial charge in [-0.1, -0.05) is 30.3 Å². The van der Waals surface area contributed by atoms with Gasteiger partial charge < -0.3 is 20.1 Å². The molecule has 3 N–H and O–H groups in total. The van der Waals surface area contributed by atoms with Gasteiger partial charge in [-0.25, -0.2) is 4.98 Å². The van der Waals surface area contributed by atoms with E-state index in [1.807, 2.05) is 25.1 Å². The number of ether oxygens (including phenoxy) is 2. The number of benzene rings is 2. The zero-order valence-electron chi connectivity index (χ0n) is 18.7. The molecule has 0 aliphatic rings. The van der Waals surface area contributed by atoms with Gasteiger partial charge in [0.15, 0.2) is 11.8 Å². The smallest absolute Gasteiger partial charge is 0.191 e. The highest BCUT2D eigenvalue weighted by molar-refractivity contribution is 14.0. The van der Waals surface area contributed by atoms with Gasteiger partial charge in [-0.3, -0.25) is 10.1 Å². The van der Waals surface area contributed by atoms with Crippen LogP contribution in [0.2, 0.25) is 0 Å². The maximum atomic E-state index is 5.92. The Hall–Kier alpha value is -2.66. The van der Waals surface area contributed by atoms with Gasteiger partial charge in [0.1, 0.15) is 18.7 Å². The summed E-state index contributed by atoms with van der Waals surface area (Å²) in [4.78, 5) is 8.53. The molecule has 0 aliphatic carbocycles. The number of rotatable bonds is 10. The normalized spacial score (nSPS) is 11.0. The van der Waals surface area contributed by atoms with Crippen molar-refractivity contribution in [1.29, 1.82) is 0 Å². The number of aromatic nitrogens is 3. The predicted octanol–water partition coefficient (Wildman–Crippen LogP) is 3.68. The fraction of sp³-hybridized carbons (Fsp3) is 0.348. The molecule has 0 saturated heterocycles. The van der Waals surface area contributed by atoms with E-state index in [2.05, 4.69) is 62.0 Å². The van der Waals surface area contributed by atoms with Crippen molar-refractivity contribution in [3.8, 4) is 17.1 Å². The van der Waals surface area contributed by atoms with Gasteiger partial charge in [0.2, 0.25) is 0 Å². The van der Waals surface area contributed by atoms with Crippen molar-refractivity contribution >= 4 is 29.9 Å². The third kappa shape index (κ3) is 7.79. The Morgan fingerprint density at radius 1 is 1.09 bits per heavy atom. The van der Waals surface area contributed by atoms with E-state index >= 15 is 0 Å². The molecule has 32 heavy (non-hydrogen) atoms. The van der Waals surface area contributed by atoms with Crippen LogP contribution in [-0.4, -0.2) is 48.0 Å². The summed E-state index contributed by atoms with van der Waals surface area (Å²) < 4.78 is 11.3. The summed E-state index contributed by atoms with van der Waals surface area (Å²) in [6.07, 6.45) is 1.51. The highest BCUT2D eigenvalue weighted by atomic mass is 127. The zero-order valence-corrected chi connectivity index (χ0v) is 21.1. The molecule has 172 valence electrons. The molecule has 9 heteroatoms. The Balaban J connectivity index is 0.00000363. The summed E-state index contributed by atoms with van der Waals surface area (Å²) in [6.45, 7) is 7.06. The monoisotopic (exact) mass is 550 g/mol. The minimum atomic E-state index is 0. The number of aromatic amines is 1. The lowest BCUT2D eigenvalue weighted by Crippen LogP contribution is -2.36. The van der Waals surface area contributed by atoms with Gasteiger partial charge in [0.25, 0.3) is 0 Å². The van der Waals surface area contributed by atoms with Crippen LogP contribution in [-0.2, 0) is 17.8 Å². The minimum absolute atomic E-state index is 0. The van der Waals surface area contributed by atoms with E-state index in [1.54, 1.807) is 7.05 Å². The Labute approximate surface area is 206 Å². The molecular formula is C23H31IN6O2. The van der Waals surface area contributed by atoms with Gasteiger partial charge in [-0.05, 0) is 37.1 Å². The molecule has 0 saturated carbocycles. The van der Waals surface area contributed by atoms with Crippen LogP contribution in [0, 0.1) is 6.92 Å². The molecule has 8 nitrogen and oxygen atoms in total. The molecule has 0 atom stereocenters. The van der Waals surface area contributed by atoms with Gasteiger partial charge in [-0.15, -0.1) is 24.0 Å². The first kappa shape index (κ1) is 25.6. The van der Waals surface area contributed by atoms with E-state index < -0.39 is 0 Å². The lowest BCUT2D eigenvalue weighted by Gasteiger charge is -2.16. The molecule has 0 aliphatic heterocycles. The highest BCUT2D eigenvalue weighted by Gasteiger charge is 2.07. The SMILES string of the molecule is CCOCCOc1cc(C)ccc1CNC(=NC)NCc1cccc(-c2ncn[nH]2)c1.I. The first-order valence-electron chi connectivity index (χ1n) is 10.4. The molecule has 1 heterocycles. The summed E-state index contributed by atoms with van der Waals surface area (Å²) in [6, 6.07) is 14.3. The molecule has 2 aromatic carbocycles. The maximum absolute atomic E-state index is 5.92. The van der Waals surface area contributed by atoms with E-state index in [0.717, 1.165) is 33.8 Å². The summed E-state index contributed by atoms with van der Waals surface area (Å²) in [7, 11) is 1.76. The van der Waals surface area contributed by atoms with E-state index in [9.17, 15) is 0 Å². The lowest BCUT2D eigenvalue weighted by molar-refractivity contribution is 0.110. The lowest BCUT2D eigenvalue weighted by atomic mass is 10.1. The van der Waals surface area contributed by atoms with Crippen LogP contribution in [0.25, 0.3) is 11.4 Å². The number of hydrogen-bond donors (Lipinski definition) is 3. The molecule has 0 amide bonds. The van der Waals surface area contributed by atoms with Crippen molar-refractivity contribution in [3.05, 3.63) is 65.5 Å². The quantitative estimate of drug-likeness (QED) is 0.154. The molecule has 3 aromatic rings. The van der Waals surface area contributed by atoms with Crippen LogP contribution in [0.1, 0.15) is 23.6 Å². The number of hydrogen-bond acceptors (Lipinski definition) is 5. The molecule has 1 aromatic heterocycles. The summed E-state index contributed by atoms with van der Waals surface area (Å²) >= 11 is 0. The van der Waals surface area contributed by atoms with Crippen molar-refractivity contribution in [2.45, 2.75) is 26.9 Å². The van der Waals surface area contributed by atoms with E-state index in [-0.39, 0.29) is 24.0 Å². The fourth-order valence-corrected chi connectivity index (χ4v) is 3.06. The summed E-state index contributed by atoms with van der Waals surface area (Å²) in [5.41, 5.74) is 4.34. The van der Waals surface area contributed by atoms with Gasteiger partial charge in [0.05, 0.1) is 6.61 Å². The second-order valence-corrected chi connectivity index (χ2v) is 6.97. The van der Waals surface area contributed by atoms with Crippen molar-refractivity contribution in [2.75, 3.05) is 26.9 Å². The van der Waals surface area contributed by atoms with E-state index in [1.165, 1.54) is 6.33 Å². The number of nitrogens with one attached hydrogen (secondary N) is 3. The van der Waals surface area contributed by atoms with Crippen LogP contribution < -0.4 is 15.4 Å². The average molecular weight is 550 g/mol. The van der Waals surface area contributed by atoms with E-state index in [0.29, 0.717) is 38.9 Å². The summed E-state index contributed by atoms with van der Waals surface area (Å²) in [5.74, 6) is 2.33. The van der Waals surface area contributed by atoms with Crippen LogP contribution in [0.4, 0.5) is 0 Å². The van der Waals surface area contributed by atoms with Gasteiger partial charge in [0, 0.05) is 37.9 Å². The average Bonchev–Trinajstić information content (AvgIpc) is 3.33. The topological polar surface area (TPSA) is 96.5 Å². The number of nitrogens with zero attached hydrogens (tertiary/aromatic N) is 3. The number of aryl methyl sites for hydroxylation is 1. The standard InChI is InChI=1S/C23H30N6O2.HI/c1-4-30-10-11-31-21-12-17(2)8-9-20(21)15-26-23(24-3)25-14-18-6-5-7-19(13-18)22-27-16-28-29-22;/h5-9,12-13,16H,4,10-11,14-15H2,1-3H3,(H2,24,25,26)(H,27,28,29);1H. The van der Waals surface area contributed by atoms with Crippen molar-refractivity contribution < 1.29 is 9.47 Å². The van der Waals surface area contributed by atoms with Crippen molar-refractivity contribution in [3.63, 3.8) is 0 Å². The number of aliphatic imine (C=N–C) groups is 1. The molecule has 0 spiro atoms. The van der Waals surface area contributed by atoms with Crippen molar-refractivity contribution in [2.24, 2.45) is 4.99 Å². The third-order valence-electron chi connectivity index (χ3n) is 4.66. The van der Waals surface area contributed by atoms with Gasteiger partial charge in [-0.2, -0.15) is 5.10 Å². The zero-order chi connectivity index (χ0) is 21.9. The minimum Gasteiger partial charge on any atom is -0.491 e. The Bertz CT molecular complexity index is 978. The van der Waals surface area contributed by atoms with E-state index in [4.69, 9.17) is 9.47 Å². The largest absolute Gasteiger partial charge is 0.491 e. The molecular weight excluding hydrogens is 519 g/mol. The molecule has 0 fully saturated rings. The second-order valence-electron chi connectivity index (χ2n) is 6.97. The first-order valence-corrected chi connectivity index (χ1v) is 10.4. The molecule has 0 bridgehead atoms. The van der Waals surface area contributed by atoms with Crippen LogP contribution in [0.3, 0.4) is 0 Å². The molecule has 3 rings (SSSR count). The predicted molar refractivity (Wildman–Crippen MR) is 137 cm³/mol. The second kappa shape index (κ2) is 13.7. The number of H-pyrrole nitrogens is 1. The van der Waals surface area contributed by atoms with Crippen LogP contribution in [0.15, 0.2) is 53.8 Å².